The Morgan fingerprint density at radius 1 is 1.41 bits per heavy atom. The van der Waals surface area contributed by atoms with Gasteiger partial charge in [-0.15, -0.1) is 0 Å². The predicted molar refractivity (Wildman–Crippen MR) is 71.1 cm³/mol. The number of ketones is 1. The Kier molecular flexibility index (Phi) is 4.07. The van der Waals surface area contributed by atoms with Gasteiger partial charge in [-0.1, -0.05) is 0 Å². The largest absolute Gasteiger partial charge is 0.497 e. The highest BCUT2D eigenvalue weighted by atomic mass is 32.2. The molecule has 1 aliphatic rings. The lowest BCUT2D eigenvalue weighted by molar-refractivity contribution is 0.0874. The van der Waals surface area contributed by atoms with E-state index in [1.807, 2.05) is 43.1 Å². The lowest BCUT2D eigenvalue weighted by Gasteiger charge is -2.30. The Bertz CT molecular complexity index is 391. The van der Waals surface area contributed by atoms with Gasteiger partial charge in [-0.25, -0.2) is 0 Å². The topological polar surface area (TPSA) is 29.5 Å². The van der Waals surface area contributed by atoms with Gasteiger partial charge in [-0.2, -0.15) is 11.8 Å². The maximum Gasteiger partial charge on any atom is 0.180 e. The molecular weight excluding hydrogens is 234 g/mol. The van der Waals surface area contributed by atoms with Crippen molar-refractivity contribution in [2.45, 2.75) is 6.04 Å². The number of hydrogen-bond acceptors (Lipinski definition) is 4. The molecule has 1 unspecified atom stereocenters. The fourth-order valence-corrected chi connectivity index (χ4v) is 3.12. The van der Waals surface area contributed by atoms with Gasteiger partial charge in [-0.3, -0.25) is 9.69 Å². The average molecular weight is 251 g/mol. The van der Waals surface area contributed by atoms with Gasteiger partial charge in [0.25, 0.3) is 0 Å². The molecule has 1 heterocycles. The summed E-state index contributed by atoms with van der Waals surface area (Å²) < 4.78 is 5.09. The molecule has 92 valence electrons. The SMILES string of the molecule is COc1ccc(C(=O)C2CSCCN2C)cc1. The summed E-state index contributed by atoms with van der Waals surface area (Å²) in [6.45, 7) is 0.983. The van der Waals surface area contributed by atoms with Gasteiger partial charge in [0, 0.05) is 23.6 Å². The number of ether oxygens (including phenoxy) is 1. The standard InChI is InChI=1S/C13H17NO2S/c1-14-7-8-17-9-12(14)13(15)10-3-5-11(16-2)6-4-10/h3-6,12H,7-9H2,1-2H3. The highest BCUT2D eigenvalue weighted by molar-refractivity contribution is 7.99. The van der Waals surface area contributed by atoms with E-state index in [2.05, 4.69) is 4.90 Å². The van der Waals surface area contributed by atoms with Crippen molar-refractivity contribution in [1.82, 2.24) is 4.90 Å². The van der Waals surface area contributed by atoms with Crippen LogP contribution in [0.2, 0.25) is 0 Å². The first-order valence-corrected chi connectivity index (χ1v) is 6.84. The highest BCUT2D eigenvalue weighted by Crippen LogP contribution is 2.20. The van der Waals surface area contributed by atoms with E-state index in [0.717, 1.165) is 29.4 Å². The van der Waals surface area contributed by atoms with Crippen molar-refractivity contribution in [1.29, 1.82) is 0 Å². The molecule has 17 heavy (non-hydrogen) atoms. The number of benzene rings is 1. The average Bonchev–Trinajstić information content (AvgIpc) is 2.39. The van der Waals surface area contributed by atoms with E-state index in [9.17, 15) is 4.79 Å². The minimum atomic E-state index is 0.0159. The number of rotatable bonds is 3. The minimum absolute atomic E-state index is 0.0159. The van der Waals surface area contributed by atoms with Crippen LogP contribution in [0.5, 0.6) is 5.75 Å². The number of methoxy groups -OCH3 is 1. The van der Waals surface area contributed by atoms with Gasteiger partial charge >= 0.3 is 0 Å². The summed E-state index contributed by atoms with van der Waals surface area (Å²) in [4.78, 5) is 14.5. The van der Waals surface area contributed by atoms with Gasteiger partial charge < -0.3 is 4.74 Å². The Hall–Kier alpha value is -1.00. The summed E-state index contributed by atoms with van der Waals surface area (Å²) in [5, 5.41) is 0. The van der Waals surface area contributed by atoms with Gasteiger partial charge in [0.05, 0.1) is 13.2 Å². The fourth-order valence-electron chi connectivity index (χ4n) is 1.91. The number of hydrogen-bond donors (Lipinski definition) is 0. The van der Waals surface area contributed by atoms with Crippen molar-refractivity contribution in [3.63, 3.8) is 0 Å². The smallest absolute Gasteiger partial charge is 0.180 e. The molecule has 0 aliphatic carbocycles. The maximum atomic E-state index is 12.3. The third-order valence-corrected chi connectivity index (χ3v) is 4.10. The zero-order valence-electron chi connectivity index (χ0n) is 10.2. The van der Waals surface area contributed by atoms with Crippen molar-refractivity contribution in [2.24, 2.45) is 0 Å². The molecule has 1 saturated heterocycles. The Balaban J connectivity index is 2.12. The molecule has 1 aliphatic heterocycles. The second-order valence-corrected chi connectivity index (χ2v) is 5.31. The monoisotopic (exact) mass is 251 g/mol. The van der Waals surface area contributed by atoms with E-state index in [1.165, 1.54) is 0 Å². The first-order valence-electron chi connectivity index (χ1n) is 5.68. The molecule has 0 radical (unpaired) electrons. The lowest BCUT2D eigenvalue weighted by Crippen LogP contribution is -2.44. The number of carbonyl (C=O) groups is 1. The zero-order chi connectivity index (χ0) is 12.3. The normalized spacial score (nSPS) is 21.2. The second kappa shape index (κ2) is 5.56. The van der Waals surface area contributed by atoms with E-state index in [-0.39, 0.29) is 11.8 Å². The summed E-state index contributed by atoms with van der Waals surface area (Å²) >= 11 is 1.85. The third-order valence-electron chi connectivity index (χ3n) is 3.07. The van der Waals surface area contributed by atoms with Crippen LogP contribution in [-0.2, 0) is 0 Å². The van der Waals surface area contributed by atoms with Crippen LogP contribution >= 0.6 is 11.8 Å². The molecule has 1 aromatic rings. The molecule has 0 spiro atoms. The summed E-state index contributed by atoms with van der Waals surface area (Å²) in [5.74, 6) is 3.00. The molecular formula is C13H17NO2S. The quantitative estimate of drug-likeness (QED) is 0.768. The number of likely N-dealkylation sites (N-methyl/N-ethyl adjacent to an activating group) is 1. The first kappa shape index (κ1) is 12.5. The molecule has 1 fully saturated rings. The highest BCUT2D eigenvalue weighted by Gasteiger charge is 2.26. The van der Waals surface area contributed by atoms with Gasteiger partial charge in [0.15, 0.2) is 5.78 Å². The first-order chi connectivity index (χ1) is 8.22. The molecule has 0 bridgehead atoms. The molecule has 0 amide bonds. The molecule has 4 heteroatoms. The van der Waals surface area contributed by atoms with E-state index in [0.29, 0.717) is 0 Å². The van der Waals surface area contributed by atoms with Gasteiger partial charge in [-0.05, 0) is 31.3 Å². The molecule has 1 aromatic carbocycles. The summed E-state index contributed by atoms with van der Waals surface area (Å²) in [7, 11) is 3.65. The number of carbonyl (C=O) groups excluding carboxylic acids is 1. The van der Waals surface area contributed by atoms with E-state index >= 15 is 0 Å². The molecule has 0 aromatic heterocycles. The van der Waals surface area contributed by atoms with E-state index < -0.39 is 0 Å². The van der Waals surface area contributed by atoms with Crippen molar-refractivity contribution in [3.05, 3.63) is 29.8 Å². The molecule has 0 saturated carbocycles. The Morgan fingerprint density at radius 3 is 2.71 bits per heavy atom. The molecule has 1 atom stereocenters. The van der Waals surface area contributed by atoms with Crippen LogP contribution in [0.1, 0.15) is 10.4 Å². The number of Topliss-reactive ketones (excluding diaryl/α,β-unsaturated/α-hetero) is 1. The van der Waals surface area contributed by atoms with Crippen molar-refractivity contribution in [2.75, 3.05) is 32.2 Å². The van der Waals surface area contributed by atoms with Crippen molar-refractivity contribution < 1.29 is 9.53 Å². The van der Waals surface area contributed by atoms with E-state index in [4.69, 9.17) is 4.74 Å². The maximum absolute atomic E-state index is 12.3. The van der Waals surface area contributed by atoms with Crippen LogP contribution in [0.3, 0.4) is 0 Å². The summed E-state index contributed by atoms with van der Waals surface area (Å²) in [6.07, 6.45) is 0. The Labute approximate surface area is 106 Å². The van der Waals surface area contributed by atoms with Crippen molar-refractivity contribution in [3.8, 4) is 5.75 Å². The van der Waals surface area contributed by atoms with Crippen LogP contribution in [0.4, 0.5) is 0 Å². The van der Waals surface area contributed by atoms with Crippen LogP contribution in [0.25, 0.3) is 0 Å². The van der Waals surface area contributed by atoms with Crippen molar-refractivity contribution >= 4 is 17.5 Å². The third kappa shape index (κ3) is 2.82. The second-order valence-electron chi connectivity index (χ2n) is 4.16. The molecule has 0 N–H and O–H groups in total. The van der Waals surface area contributed by atoms with Gasteiger partial charge in [0.2, 0.25) is 0 Å². The van der Waals surface area contributed by atoms with Crippen LogP contribution in [0, 0.1) is 0 Å². The molecule has 2 rings (SSSR count). The van der Waals surface area contributed by atoms with E-state index in [1.54, 1.807) is 7.11 Å². The van der Waals surface area contributed by atoms with Gasteiger partial charge in [0.1, 0.15) is 5.75 Å². The van der Waals surface area contributed by atoms with Crippen LogP contribution < -0.4 is 4.74 Å². The summed E-state index contributed by atoms with van der Waals surface area (Å²) in [6, 6.07) is 7.37. The zero-order valence-corrected chi connectivity index (χ0v) is 11.0. The number of thioether (sulfide) groups is 1. The fraction of sp³-hybridized carbons (Fsp3) is 0.462. The van der Waals surface area contributed by atoms with Crippen LogP contribution in [0.15, 0.2) is 24.3 Å². The lowest BCUT2D eigenvalue weighted by atomic mass is 10.0. The van der Waals surface area contributed by atoms with Crippen LogP contribution in [-0.4, -0.2) is 48.9 Å². The number of nitrogens with zero attached hydrogens (tertiary/aromatic N) is 1. The molecule has 3 nitrogen and oxygen atoms in total. The minimum Gasteiger partial charge on any atom is -0.497 e. The predicted octanol–water partition coefficient (Wildman–Crippen LogP) is 1.93. The Morgan fingerprint density at radius 2 is 2.12 bits per heavy atom. The summed E-state index contributed by atoms with van der Waals surface area (Å²) in [5.41, 5.74) is 0.769.